The SMILES string of the molecule is CC(C)(NC(=O)C(CNC(=O)c1ccc2ccccc2c1O)NC(=O)C(Cc1ccc(O)cc1)NC(=O)C(N)CCCNC(=N)N)C(=O)O. The van der Waals surface area contributed by atoms with Gasteiger partial charge in [-0.2, -0.15) is 0 Å². The minimum atomic E-state index is -1.76. The molecule has 16 nitrogen and oxygen atoms in total. The maximum Gasteiger partial charge on any atom is 0.328 e. The highest BCUT2D eigenvalue weighted by Crippen LogP contribution is 2.28. The van der Waals surface area contributed by atoms with Crippen molar-refractivity contribution >= 4 is 46.3 Å². The van der Waals surface area contributed by atoms with E-state index in [1.165, 1.54) is 44.2 Å². The average Bonchev–Trinajstić information content (AvgIpc) is 3.05. The van der Waals surface area contributed by atoms with E-state index in [1.807, 2.05) is 0 Å². The highest BCUT2D eigenvalue weighted by molar-refractivity contribution is 6.04. The fourth-order valence-corrected chi connectivity index (χ4v) is 4.69. The van der Waals surface area contributed by atoms with Crippen LogP contribution in [0.2, 0.25) is 0 Å². The highest BCUT2D eigenvalue weighted by Gasteiger charge is 2.34. The van der Waals surface area contributed by atoms with E-state index >= 15 is 0 Å². The number of carboxylic acids is 1. The lowest BCUT2D eigenvalue weighted by Gasteiger charge is -2.27. The molecule has 0 bridgehead atoms. The van der Waals surface area contributed by atoms with Crippen LogP contribution in [0, 0.1) is 5.41 Å². The van der Waals surface area contributed by atoms with Gasteiger partial charge in [-0.05, 0) is 55.8 Å². The van der Waals surface area contributed by atoms with Gasteiger partial charge in [0.05, 0.1) is 11.6 Å². The van der Waals surface area contributed by atoms with Crippen molar-refractivity contribution in [2.45, 2.75) is 56.8 Å². The van der Waals surface area contributed by atoms with Gasteiger partial charge in [0.25, 0.3) is 5.91 Å². The highest BCUT2D eigenvalue weighted by atomic mass is 16.4. The van der Waals surface area contributed by atoms with Crippen LogP contribution in [-0.2, 0) is 25.6 Å². The maximum absolute atomic E-state index is 13.7. The summed E-state index contributed by atoms with van der Waals surface area (Å²) in [6.45, 7) is 2.23. The summed E-state index contributed by atoms with van der Waals surface area (Å²) in [4.78, 5) is 65.1. The van der Waals surface area contributed by atoms with Crippen molar-refractivity contribution in [3.63, 3.8) is 0 Å². The molecule has 3 atom stereocenters. The fraction of sp³-hybridized carbons (Fsp3) is 0.333. The molecule has 4 amide bonds. The second-order valence-electron chi connectivity index (χ2n) is 11.9. The third kappa shape index (κ3) is 10.8. The number of guanidine groups is 1. The average molecular weight is 679 g/mol. The van der Waals surface area contributed by atoms with E-state index in [0.717, 1.165) is 0 Å². The summed E-state index contributed by atoms with van der Waals surface area (Å²) in [5.74, 6) is -5.18. The van der Waals surface area contributed by atoms with E-state index in [1.54, 1.807) is 30.3 Å². The zero-order valence-corrected chi connectivity index (χ0v) is 27.1. The standard InChI is InChI=1S/C33H42N8O8/c1-33(2,31(48)49)41-30(47)25(17-38-27(44)22-14-11-19-6-3-4-7-21(19)26(22)43)40-29(46)24(16-18-9-12-20(42)13-10-18)39-28(45)23(34)8-5-15-37-32(35)36/h3-4,6-7,9-14,23-25,42-43H,5,8,15-17,34H2,1-2H3,(H,38,44)(H,39,45)(H,40,46)(H,41,47)(H,48,49)(H4,35,36,37). The van der Waals surface area contributed by atoms with Crippen LogP contribution in [0.25, 0.3) is 10.8 Å². The number of amides is 4. The van der Waals surface area contributed by atoms with Gasteiger partial charge in [0.1, 0.15) is 29.1 Å². The molecule has 0 saturated heterocycles. The van der Waals surface area contributed by atoms with E-state index in [9.17, 15) is 39.3 Å². The number of nitrogens with two attached hydrogens (primary N) is 2. The first-order valence-electron chi connectivity index (χ1n) is 15.4. The van der Waals surface area contributed by atoms with Gasteiger partial charge >= 0.3 is 5.97 Å². The summed E-state index contributed by atoms with van der Waals surface area (Å²) in [6, 6.07) is 11.8. The molecule has 0 radical (unpaired) electrons. The van der Waals surface area contributed by atoms with Crippen molar-refractivity contribution in [1.29, 1.82) is 5.41 Å². The molecule has 16 heteroatoms. The largest absolute Gasteiger partial charge is 0.508 e. The Hall–Kier alpha value is -5.90. The molecule has 0 fully saturated rings. The molecule has 262 valence electrons. The minimum Gasteiger partial charge on any atom is -0.508 e. The van der Waals surface area contributed by atoms with Crippen molar-refractivity contribution in [1.82, 2.24) is 26.6 Å². The number of carboxylic acid groups (broad SMARTS) is 1. The summed E-state index contributed by atoms with van der Waals surface area (Å²) in [6.07, 6.45) is 0.475. The monoisotopic (exact) mass is 678 g/mol. The Morgan fingerprint density at radius 1 is 0.857 bits per heavy atom. The van der Waals surface area contributed by atoms with Crippen LogP contribution in [0.5, 0.6) is 11.5 Å². The molecule has 0 heterocycles. The summed E-state index contributed by atoms with van der Waals surface area (Å²) >= 11 is 0. The molecule has 0 aliphatic heterocycles. The van der Waals surface area contributed by atoms with E-state index in [0.29, 0.717) is 29.3 Å². The smallest absolute Gasteiger partial charge is 0.328 e. The molecule has 49 heavy (non-hydrogen) atoms. The second kappa shape index (κ2) is 16.8. The Morgan fingerprint density at radius 2 is 1.51 bits per heavy atom. The lowest BCUT2D eigenvalue weighted by atomic mass is 10.0. The van der Waals surface area contributed by atoms with Gasteiger partial charge < -0.3 is 53.4 Å². The number of rotatable bonds is 16. The number of aliphatic carboxylic acids is 1. The molecular weight excluding hydrogens is 636 g/mol. The zero-order valence-electron chi connectivity index (χ0n) is 27.1. The molecule has 0 aliphatic carbocycles. The molecule has 0 spiro atoms. The quantitative estimate of drug-likeness (QED) is 0.0534. The summed E-state index contributed by atoms with van der Waals surface area (Å²) < 4.78 is 0. The van der Waals surface area contributed by atoms with E-state index in [-0.39, 0.29) is 35.9 Å². The predicted molar refractivity (Wildman–Crippen MR) is 181 cm³/mol. The van der Waals surface area contributed by atoms with Crippen molar-refractivity contribution in [3.05, 3.63) is 71.8 Å². The predicted octanol–water partition coefficient (Wildman–Crippen LogP) is -0.237. The molecule has 3 rings (SSSR count). The van der Waals surface area contributed by atoms with Gasteiger partial charge in [-0.3, -0.25) is 24.6 Å². The van der Waals surface area contributed by atoms with E-state index < -0.39 is 59.8 Å². The van der Waals surface area contributed by atoms with Gasteiger partial charge in [-0.25, -0.2) is 4.79 Å². The number of aromatic hydroxyl groups is 2. The van der Waals surface area contributed by atoms with Crippen molar-refractivity contribution < 1.29 is 39.3 Å². The molecular formula is C33H42N8O8. The maximum atomic E-state index is 13.7. The van der Waals surface area contributed by atoms with Gasteiger partial charge in [-0.1, -0.05) is 42.5 Å². The van der Waals surface area contributed by atoms with Crippen LogP contribution in [0.3, 0.4) is 0 Å². The fourth-order valence-electron chi connectivity index (χ4n) is 4.69. The van der Waals surface area contributed by atoms with Crippen molar-refractivity contribution in [2.75, 3.05) is 13.1 Å². The number of carbonyl (C=O) groups excluding carboxylic acids is 4. The summed E-state index contributed by atoms with van der Waals surface area (Å²) in [5.41, 5.74) is 9.99. The number of carbonyl (C=O) groups is 5. The topological polar surface area (TPSA) is 282 Å². The lowest BCUT2D eigenvalue weighted by molar-refractivity contribution is -0.146. The van der Waals surface area contributed by atoms with E-state index in [2.05, 4.69) is 26.6 Å². The molecule has 0 aliphatic rings. The van der Waals surface area contributed by atoms with Gasteiger partial charge in [0.2, 0.25) is 17.7 Å². The third-order valence-corrected chi connectivity index (χ3v) is 7.57. The Morgan fingerprint density at radius 3 is 2.16 bits per heavy atom. The molecule has 0 aromatic heterocycles. The third-order valence-electron chi connectivity index (χ3n) is 7.57. The Labute approximate surface area is 282 Å². The Bertz CT molecular complexity index is 1700. The number of hydrogen-bond donors (Lipinski definition) is 11. The van der Waals surface area contributed by atoms with Gasteiger partial charge in [-0.15, -0.1) is 0 Å². The molecule has 3 aromatic rings. The molecule has 0 saturated carbocycles. The molecule has 3 unspecified atom stereocenters. The van der Waals surface area contributed by atoms with Crippen LogP contribution in [0.1, 0.15) is 42.6 Å². The van der Waals surface area contributed by atoms with Crippen molar-refractivity contribution in [3.8, 4) is 11.5 Å². The Kier molecular flexibility index (Phi) is 12.9. The number of benzene rings is 3. The number of nitrogens with one attached hydrogen (secondary N) is 6. The second-order valence-corrected chi connectivity index (χ2v) is 11.9. The lowest BCUT2D eigenvalue weighted by Crippen LogP contribution is -2.61. The van der Waals surface area contributed by atoms with Crippen LogP contribution in [0.15, 0.2) is 60.7 Å². The van der Waals surface area contributed by atoms with Crippen LogP contribution >= 0.6 is 0 Å². The summed E-state index contributed by atoms with van der Waals surface area (Å²) in [5, 5.41) is 50.9. The first kappa shape index (κ1) is 37.6. The first-order valence-corrected chi connectivity index (χ1v) is 15.4. The van der Waals surface area contributed by atoms with Gasteiger partial charge in [0, 0.05) is 24.9 Å². The first-order chi connectivity index (χ1) is 23.1. The number of hydrogen-bond acceptors (Lipinski definition) is 9. The van der Waals surface area contributed by atoms with Crippen LogP contribution in [-0.4, -0.2) is 87.6 Å². The minimum absolute atomic E-state index is 0.0269. The number of phenols is 2. The van der Waals surface area contributed by atoms with Gasteiger partial charge in [0.15, 0.2) is 5.96 Å². The normalized spacial score (nSPS) is 13.0. The molecule has 3 aromatic carbocycles. The van der Waals surface area contributed by atoms with Crippen LogP contribution < -0.4 is 38.1 Å². The van der Waals surface area contributed by atoms with E-state index in [4.69, 9.17) is 16.9 Å². The number of fused-ring (bicyclic) bond motifs is 1. The number of phenolic OH excluding ortho intramolecular Hbond substituents is 2. The Balaban J connectivity index is 1.84. The zero-order chi connectivity index (χ0) is 36.3. The van der Waals surface area contributed by atoms with Crippen molar-refractivity contribution in [2.24, 2.45) is 11.5 Å². The summed E-state index contributed by atoms with van der Waals surface area (Å²) in [7, 11) is 0. The van der Waals surface area contributed by atoms with Crippen LogP contribution in [0.4, 0.5) is 0 Å². The molecule has 13 N–H and O–H groups in total.